The van der Waals surface area contributed by atoms with Crippen molar-refractivity contribution in [3.63, 3.8) is 0 Å². The molecule has 15 heteroatoms. The Morgan fingerprint density at radius 1 is 0.500 bits per heavy atom. The van der Waals surface area contributed by atoms with E-state index in [-0.39, 0.29) is 148 Å². The number of benzene rings is 2. The summed E-state index contributed by atoms with van der Waals surface area (Å²) in [4.78, 5) is 56.0. The summed E-state index contributed by atoms with van der Waals surface area (Å²) in [6, 6.07) is 2.18. The molecule has 0 aliphatic heterocycles. The van der Waals surface area contributed by atoms with Crippen molar-refractivity contribution < 1.29 is 197 Å². The molecule has 2 aromatic carbocycles. The monoisotopic (exact) mass is 458 g/mol. The maximum atomic E-state index is 11.4. The van der Waals surface area contributed by atoms with E-state index >= 15 is 0 Å². The van der Waals surface area contributed by atoms with Crippen LogP contribution in [0.15, 0.2) is 18.2 Å². The SMILES string of the molecule is O=C([O-])c1cc2ccc(C(=O)[O-])c(C(=O)[O-])c2c(C(=O)[O-])c1C(=O)[O-].[Na+].[Na+].[Na+].[Na+].[Na+]. The quantitative estimate of drug-likeness (QED) is 0.387. The summed E-state index contributed by atoms with van der Waals surface area (Å²) in [5, 5.41) is 54.7. The van der Waals surface area contributed by atoms with Gasteiger partial charge in [-0.3, -0.25) is 0 Å². The molecule has 2 aromatic rings. The number of fused-ring (bicyclic) bond motifs is 1. The molecule has 0 radical (unpaired) electrons. The van der Waals surface area contributed by atoms with Gasteiger partial charge in [0.15, 0.2) is 0 Å². The molecule has 0 atom stereocenters. The Morgan fingerprint density at radius 3 is 1.23 bits per heavy atom. The van der Waals surface area contributed by atoms with Crippen molar-refractivity contribution >= 4 is 40.6 Å². The third-order valence-electron chi connectivity index (χ3n) is 3.36. The molecule has 0 aliphatic carbocycles. The number of carbonyl (C=O) groups is 5. The second-order valence-electron chi connectivity index (χ2n) is 4.70. The van der Waals surface area contributed by atoms with Gasteiger partial charge in [0.2, 0.25) is 0 Å². The van der Waals surface area contributed by atoms with Gasteiger partial charge in [0.1, 0.15) is 0 Å². The molecule has 128 valence electrons. The van der Waals surface area contributed by atoms with Crippen LogP contribution >= 0.6 is 0 Å². The first kappa shape index (κ1) is 38.3. The minimum Gasteiger partial charge on any atom is -0.545 e. The maximum Gasteiger partial charge on any atom is 1.00 e. The number of hydrogen-bond acceptors (Lipinski definition) is 10. The third-order valence-corrected chi connectivity index (χ3v) is 3.36. The number of aromatic carboxylic acids is 5. The number of carbonyl (C=O) groups excluding carboxylic acids is 5. The Kier molecular flexibility index (Phi) is 20.2. The molecule has 0 aliphatic rings. The molecular formula is C15H3Na5O10. The minimum absolute atomic E-state index is 0. The second-order valence-corrected chi connectivity index (χ2v) is 4.70. The van der Waals surface area contributed by atoms with Gasteiger partial charge in [-0.25, -0.2) is 0 Å². The van der Waals surface area contributed by atoms with E-state index in [1.54, 1.807) is 0 Å². The average molecular weight is 458 g/mol. The zero-order valence-corrected chi connectivity index (χ0v) is 26.8. The Bertz CT molecular complexity index is 1010. The first-order valence-corrected chi connectivity index (χ1v) is 6.28. The van der Waals surface area contributed by atoms with Crippen LogP contribution in [-0.2, 0) is 0 Å². The van der Waals surface area contributed by atoms with E-state index < -0.39 is 68.4 Å². The Morgan fingerprint density at radius 2 is 0.900 bits per heavy atom. The molecule has 0 N–H and O–H groups in total. The molecule has 0 saturated carbocycles. The van der Waals surface area contributed by atoms with E-state index in [0.717, 1.165) is 6.07 Å². The predicted molar refractivity (Wildman–Crippen MR) is 65.6 cm³/mol. The number of carboxylic acids is 5. The van der Waals surface area contributed by atoms with Crippen LogP contribution in [0.25, 0.3) is 10.8 Å². The zero-order valence-electron chi connectivity index (χ0n) is 16.8. The van der Waals surface area contributed by atoms with Crippen molar-refractivity contribution in [2.24, 2.45) is 0 Å². The number of hydrogen-bond donors (Lipinski definition) is 0. The van der Waals surface area contributed by atoms with Crippen molar-refractivity contribution in [3.8, 4) is 0 Å². The van der Waals surface area contributed by atoms with E-state index in [1.807, 2.05) is 0 Å². The standard InChI is InChI=1S/C15H8O10.5Na/c16-11(17)5-2-1-4-3-6(12(18)19)9(14(22)23)10(15(24)25)7(4)8(5)13(20)21;;;;;/h1-3H,(H,16,17)(H,18,19)(H,20,21)(H,22,23)(H,24,25);;;;;/q;5*+1/p-5. The van der Waals surface area contributed by atoms with Gasteiger partial charge in [0.25, 0.3) is 0 Å². The van der Waals surface area contributed by atoms with Crippen molar-refractivity contribution in [2.45, 2.75) is 0 Å². The zero-order chi connectivity index (χ0) is 19.0. The topological polar surface area (TPSA) is 201 Å². The van der Waals surface area contributed by atoms with E-state index in [1.165, 1.54) is 0 Å². The normalized spacial score (nSPS) is 8.67. The first-order chi connectivity index (χ1) is 11.6. The molecule has 0 unspecified atom stereocenters. The summed E-state index contributed by atoms with van der Waals surface area (Å²) < 4.78 is 0. The predicted octanol–water partition coefficient (Wildman–Crippen LogP) is -20.3. The summed E-state index contributed by atoms with van der Waals surface area (Å²) in [6.07, 6.45) is 0. The summed E-state index contributed by atoms with van der Waals surface area (Å²) in [7, 11) is 0. The van der Waals surface area contributed by atoms with Crippen LogP contribution in [0.1, 0.15) is 51.8 Å². The van der Waals surface area contributed by atoms with Crippen LogP contribution in [0, 0.1) is 0 Å². The number of rotatable bonds is 5. The van der Waals surface area contributed by atoms with Crippen LogP contribution in [0.4, 0.5) is 0 Å². The van der Waals surface area contributed by atoms with Gasteiger partial charge in [-0.15, -0.1) is 0 Å². The molecule has 30 heavy (non-hydrogen) atoms. The summed E-state index contributed by atoms with van der Waals surface area (Å²) >= 11 is 0. The van der Waals surface area contributed by atoms with Gasteiger partial charge in [-0.05, 0) is 11.5 Å². The Labute approximate surface area is 279 Å². The van der Waals surface area contributed by atoms with Crippen molar-refractivity contribution in [1.82, 2.24) is 0 Å². The number of carboxylic acid groups (broad SMARTS) is 5. The fourth-order valence-electron chi connectivity index (χ4n) is 2.45. The van der Waals surface area contributed by atoms with Crippen LogP contribution in [0.2, 0.25) is 0 Å². The molecule has 0 spiro atoms. The van der Waals surface area contributed by atoms with E-state index in [9.17, 15) is 49.5 Å². The second kappa shape index (κ2) is 15.8. The summed E-state index contributed by atoms with van der Waals surface area (Å²) in [6.45, 7) is 0. The molecule has 0 aromatic heterocycles. The average Bonchev–Trinajstić information content (AvgIpc) is 2.50. The molecule has 0 fully saturated rings. The van der Waals surface area contributed by atoms with Crippen LogP contribution in [-0.4, -0.2) is 29.8 Å². The van der Waals surface area contributed by atoms with Gasteiger partial charge < -0.3 is 49.5 Å². The molecular weight excluding hydrogens is 455 g/mol. The summed E-state index contributed by atoms with van der Waals surface area (Å²) in [5.41, 5.74) is -6.13. The van der Waals surface area contributed by atoms with Crippen LogP contribution in [0.5, 0.6) is 0 Å². The van der Waals surface area contributed by atoms with E-state index in [0.29, 0.717) is 12.1 Å². The smallest absolute Gasteiger partial charge is 0.545 e. The van der Waals surface area contributed by atoms with Gasteiger partial charge in [-0.1, -0.05) is 12.1 Å². The maximum absolute atomic E-state index is 11.4. The van der Waals surface area contributed by atoms with Gasteiger partial charge >= 0.3 is 148 Å². The molecule has 2 rings (SSSR count). The van der Waals surface area contributed by atoms with E-state index in [4.69, 9.17) is 0 Å². The Balaban J connectivity index is -0.000000676. The molecule has 0 heterocycles. The molecule has 0 bridgehead atoms. The minimum atomic E-state index is -2.27. The van der Waals surface area contributed by atoms with Crippen LogP contribution < -0.4 is 173 Å². The van der Waals surface area contributed by atoms with Gasteiger partial charge in [0.05, 0.1) is 29.8 Å². The first-order valence-electron chi connectivity index (χ1n) is 6.28. The van der Waals surface area contributed by atoms with Gasteiger partial charge in [-0.2, -0.15) is 0 Å². The van der Waals surface area contributed by atoms with Crippen LogP contribution in [0.3, 0.4) is 0 Å². The fraction of sp³-hybridized carbons (Fsp3) is 0. The van der Waals surface area contributed by atoms with E-state index in [2.05, 4.69) is 0 Å². The Hall–Kier alpha value is 1.05. The fourth-order valence-corrected chi connectivity index (χ4v) is 2.45. The van der Waals surface area contributed by atoms with Crippen molar-refractivity contribution in [3.05, 3.63) is 46.0 Å². The molecule has 10 nitrogen and oxygen atoms in total. The molecule has 0 amide bonds. The third kappa shape index (κ3) is 7.82. The van der Waals surface area contributed by atoms with Crippen molar-refractivity contribution in [2.75, 3.05) is 0 Å². The largest absolute Gasteiger partial charge is 1.00 e. The molecule has 0 saturated heterocycles. The van der Waals surface area contributed by atoms with Gasteiger partial charge in [0, 0.05) is 33.2 Å². The summed E-state index contributed by atoms with van der Waals surface area (Å²) in [5.74, 6) is -10.8. The van der Waals surface area contributed by atoms with Crippen molar-refractivity contribution in [1.29, 1.82) is 0 Å².